The molecule has 0 fully saturated rings. The van der Waals surface area contributed by atoms with E-state index < -0.39 is 5.82 Å². The molecular formula is C12H9FN4O. The minimum absolute atomic E-state index is 0.225. The second-order valence-corrected chi connectivity index (χ2v) is 3.31. The van der Waals surface area contributed by atoms with E-state index in [0.717, 1.165) is 6.20 Å². The Bertz CT molecular complexity index is 609. The molecule has 1 aromatic heterocycles. The molecule has 1 N–H and O–H groups in total. The van der Waals surface area contributed by atoms with Crippen molar-refractivity contribution in [3.63, 3.8) is 0 Å². The van der Waals surface area contributed by atoms with Crippen LogP contribution in [0.25, 0.3) is 0 Å². The van der Waals surface area contributed by atoms with Gasteiger partial charge in [0.2, 0.25) is 11.8 Å². The maximum absolute atomic E-state index is 13.5. The van der Waals surface area contributed by atoms with Gasteiger partial charge in [-0.1, -0.05) is 12.1 Å². The van der Waals surface area contributed by atoms with Crippen LogP contribution in [0.1, 0.15) is 5.56 Å². The minimum Gasteiger partial charge on any atom is -0.435 e. The van der Waals surface area contributed by atoms with Gasteiger partial charge in [0.25, 0.3) is 5.88 Å². The van der Waals surface area contributed by atoms with Crippen molar-refractivity contribution in [3.8, 4) is 17.7 Å². The molecule has 0 saturated heterocycles. The smallest absolute Gasteiger partial charge is 0.260 e. The standard InChI is InChI=1S/C12H9FN4O/c1-15-12-16-7-9(13)11(17-12)18-10-5-3-2-4-8(10)6-14/h2-5,7H,1H3,(H,15,16,17). The lowest BCUT2D eigenvalue weighted by Gasteiger charge is -2.07. The van der Waals surface area contributed by atoms with Crippen molar-refractivity contribution in [2.75, 3.05) is 12.4 Å². The number of benzene rings is 1. The number of halogens is 1. The summed E-state index contributed by atoms with van der Waals surface area (Å²) in [4.78, 5) is 7.53. The minimum atomic E-state index is -0.693. The van der Waals surface area contributed by atoms with Crippen LogP contribution in [-0.4, -0.2) is 17.0 Å². The van der Waals surface area contributed by atoms with Gasteiger partial charge in [-0.05, 0) is 12.1 Å². The number of hydrogen-bond donors (Lipinski definition) is 1. The average molecular weight is 244 g/mol. The molecule has 0 aliphatic carbocycles. The maximum atomic E-state index is 13.5. The van der Waals surface area contributed by atoms with Crippen molar-refractivity contribution in [2.24, 2.45) is 0 Å². The summed E-state index contributed by atoms with van der Waals surface area (Å²) in [5.41, 5.74) is 0.307. The molecule has 6 heteroatoms. The normalized spacial score (nSPS) is 9.61. The predicted molar refractivity (Wildman–Crippen MR) is 62.8 cm³/mol. The highest BCUT2D eigenvalue weighted by molar-refractivity contribution is 5.44. The first-order valence-electron chi connectivity index (χ1n) is 5.12. The van der Waals surface area contributed by atoms with E-state index >= 15 is 0 Å². The molecule has 0 spiro atoms. The van der Waals surface area contributed by atoms with Gasteiger partial charge in [0.15, 0.2) is 0 Å². The summed E-state index contributed by atoms with van der Waals surface area (Å²) < 4.78 is 18.8. The SMILES string of the molecule is CNc1ncc(F)c(Oc2ccccc2C#N)n1. The Hall–Kier alpha value is -2.68. The molecule has 90 valence electrons. The summed E-state index contributed by atoms with van der Waals surface area (Å²) in [7, 11) is 1.61. The molecule has 0 aliphatic heterocycles. The van der Waals surface area contributed by atoms with E-state index in [1.165, 1.54) is 0 Å². The third-order valence-electron chi connectivity index (χ3n) is 2.15. The molecule has 0 bridgehead atoms. The van der Waals surface area contributed by atoms with E-state index in [1.807, 2.05) is 6.07 Å². The molecule has 2 aromatic rings. The number of ether oxygens (including phenoxy) is 1. The van der Waals surface area contributed by atoms with E-state index in [1.54, 1.807) is 31.3 Å². The van der Waals surface area contributed by atoms with Crippen molar-refractivity contribution in [1.29, 1.82) is 5.26 Å². The maximum Gasteiger partial charge on any atom is 0.260 e. The zero-order chi connectivity index (χ0) is 13.0. The summed E-state index contributed by atoms with van der Waals surface area (Å²) >= 11 is 0. The monoisotopic (exact) mass is 244 g/mol. The summed E-state index contributed by atoms with van der Waals surface area (Å²) in [6.45, 7) is 0. The highest BCUT2D eigenvalue weighted by Gasteiger charge is 2.11. The van der Waals surface area contributed by atoms with Gasteiger partial charge in [-0.25, -0.2) is 4.98 Å². The molecule has 0 saturated carbocycles. The molecule has 18 heavy (non-hydrogen) atoms. The van der Waals surface area contributed by atoms with Crippen molar-refractivity contribution >= 4 is 5.95 Å². The summed E-state index contributed by atoms with van der Waals surface area (Å²) in [6, 6.07) is 8.49. The molecule has 0 amide bonds. The van der Waals surface area contributed by atoms with E-state index in [-0.39, 0.29) is 17.6 Å². The second-order valence-electron chi connectivity index (χ2n) is 3.31. The zero-order valence-corrected chi connectivity index (χ0v) is 9.51. The summed E-state index contributed by atoms with van der Waals surface area (Å²) in [5.74, 6) is -0.431. The van der Waals surface area contributed by atoms with Gasteiger partial charge in [0, 0.05) is 7.05 Å². The van der Waals surface area contributed by atoms with E-state index in [2.05, 4.69) is 15.3 Å². The summed E-state index contributed by atoms with van der Waals surface area (Å²) in [5, 5.41) is 11.6. The Morgan fingerprint density at radius 2 is 2.17 bits per heavy atom. The van der Waals surface area contributed by atoms with E-state index in [9.17, 15) is 4.39 Å². The first-order chi connectivity index (χ1) is 8.74. The van der Waals surface area contributed by atoms with Crippen LogP contribution < -0.4 is 10.1 Å². The van der Waals surface area contributed by atoms with Crippen molar-refractivity contribution in [1.82, 2.24) is 9.97 Å². The Balaban J connectivity index is 2.37. The molecule has 5 nitrogen and oxygen atoms in total. The van der Waals surface area contributed by atoms with Crippen LogP contribution in [0.5, 0.6) is 11.6 Å². The molecule has 0 radical (unpaired) electrons. The number of nitriles is 1. The molecular weight excluding hydrogens is 235 g/mol. The number of nitrogens with one attached hydrogen (secondary N) is 1. The van der Waals surface area contributed by atoms with Crippen LogP contribution in [0.2, 0.25) is 0 Å². The number of rotatable bonds is 3. The van der Waals surface area contributed by atoms with Gasteiger partial charge in [-0.15, -0.1) is 0 Å². The summed E-state index contributed by atoms with van der Waals surface area (Å²) in [6.07, 6.45) is 1.00. The fourth-order valence-electron chi connectivity index (χ4n) is 1.30. The lowest BCUT2D eigenvalue weighted by molar-refractivity contribution is 0.420. The third-order valence-corrected chi connectivity index (χ3v) is 2.15. The van der Waals surface area contributed by atoms with Gasteiger partial charge in [0.05, 0.1) is 11.8 Å². The van der Waals surface area contributed by atoms with E-state index in [0.29, 0.717) is 5.56 Å². The molecule has 1 aromatic carbocycles. The molecule has 2 rings (SSSR count). The number of anilines is 1. The van der Waals surface area contributed by atoms with E-state index in [4.69, 9.17) is 10.00 Å². The lowest BCUT2D eigenvalue weighted by atomic mass is 10.2. The van der Waals surface area contributed by atoms with Crippen LogP contribution in [0.3, 0.4) is 0 Å². The quantitative estimate of drug-likeness (QED) is 0.897. The van der Waals surface area contributed by atoms with Crippen LogP contribution in [-0.2, 0) is 0 Å². The predicted octanol–water partition coefficient (Wildman–Crippen LogP) is 2.32. The molecule has 0 aliphatic rings. The molecule has 0 unspecified atom stereocenters. The van der Waals surface area contributed by atoms with Crippen LogP contribution in [0.15, 0.2) is 30.5 Å². The average Bonchev–Trinajstić information content (AvgIpc) is 2.42. The molecule has 0 atom stereocenters. The number of para-hydroxylation sites is 1. The Morgan fingerprint density at radius 3 is 2.89 bits per heavy atom. The van der Waals surface area contributed by atoms with Crippen LogP contribution >= 0.6 is 0 Å². The number of hydrogen-bond acceptors (Lipinski definition) is 5. The third kappa shape index (κ3) is 2.35. The van der Waals surface area contributed by atoms with Gasteiger partial charge in [-0.2, -0.15) is 14.6 Å². The highest BCUT2D eigenvalue weighted by Crippen LogP contribution is 2.25. The van der Waals surface area contributed by atoms with Gasteiger partial charge in [-0.3, -0.25) is 0 Å². The van der Waals surface area contributed by atoms with Gasteiger partial charge < -0.3 is 10.1 Å². The first kappa shape index (κ1) is 11.8. The topological polar surface area (TPSA) is 70.8 Å². The number of aromatic nitrogens is 2. The van der Waals surface area contributed by atoms with Gasteiger partial charge >= 0.3 is 0 Å². The van der Waals surface area contributed by atoms with Crippen molar-refractivity contribution in [3.05, 3.63) is 41.8 Å². The lowest BCUT2D eigenvalue weighted by Crippen LogP contribution is -2.00. The van der Waals surface area contributed by atoms with Crippen LogP contribution in [0, 0.1) is 17.1 Å². The largest absolute Gasteiger partial charge is 0.435 e. The second kappa shape index (κ2) is 5.10. The van der Waals surface area contributed by atoms with Crippen molar-refractivity contribution < 1.29 is 9.13 Å². The molecule has 1 heterocycles. The first-order valence-corrected chi connectivity index (χ1v) is 5.12. The fraction of sp³-hybridized carbons (Fsp3) is 0.0833. The van der Waals surface area contributed by atoms with Crippen LogP contribution in [0.4, 0.5) is 10.3 Å². The van der Waals surface area contributed by atoms with Gasteiger partial charge in [0.1, 0.15) is 11.8 Å². The zero-order valence-electron chi connectivity index (χ0n) is 9.51. The number of nitrogens with zero attached hydrogens (tertiary/aromatic N) is 3. The Kier molecular flexibility index (Phi) is 3.34. The highest BCUT2D eigenvalue weighted by atomic mass is 19.1. The Morgan fingerprint density at radius 1 is 1.39 bits per heavy atom. The fourth-order valence-corrected chi connectivity index (χ4v) is 1.30. The Labute approximate surface area is 103 Å². The van der Waals surface area contributed by atoms with Crippen molar-refractivity contribution in [2.45, 2.75) is 0 Å².